The van der Waals surface area contributed by atoms with Gasteiger partial charge in [-0.15, -0.1) is 11.8 Å². The first-order valence-electron chi connectivity index (χ1n) is 6.01. The maximum Gasteiger partial charge on any atom is 0.166 e. The van der Waals surface area contributed by atoms with E-state index in [9.17, 15) is 0 Å². The summed E-state index contributed by atoms with van der Waals surface area (Å²) in [6.45, 7) is 1.87. The summed E-state index contributed by atoms with van der Waals surface area (Å²) < 4.78 is 0. The second-order valence-corrected chi connectivity index (χ2v) is 5.57. The minimum Gasteiger partial charge on any atom is -0.341 e. The van der Waals surface area contributed by atoms with E-state index in [0.717, 1.165) is 23.5 Å². The number of nitrogens with zero attached hydrogens (tertiary/aromatic N) is 2. The number of fused-ring (bicyclic) bond motifs is 1. The van der Waals surface area contributed by atoms with Crippen LogP contribution in [0.4, 0.5) is 0 Å². The maximum absolute atomic E-state index is 9.09. The molecule has 0 aliphatic carbocycles. The van der Waals surface area contributed by atoms with E-state index in [1.807, 2.05) is 18.7 Å². The van der Waals surface area contributed by atoms with Gasteiger partial charge in [0.05, 0.1) is 5.69 Å². The topological polar surface area (TPSA) is 52.5 Å². The zero-order valence-corrected chi connectivity index (χ0v) is 11.0. The highest BCUT2D eigenvalue weighted by Gasteiger charge is 2.14. The summed E-state index contributed by atoms with van der Waals surface area (Å²) >= 11 is 1.92. The number of nitrogens with one attached hydrogen (secondary N) is 1. The number of thioether (sulfide) groups is 1. The molecule has 0 spiro atoms. The van der Waals surface area contributed by atoms with Crippen molar-refractivity contribution in [1.29, 1.82) is 5.26 Å². The minimum absolute atomic E-state index is 0.482. The smallest absolute Gasteiger partial charge is 0.166 e. The highest BCUT2D eigenvalue weighted by Crippen LogP contribution is 2.33. The predicted molar refractivity (Wildman–Crippen MR) is 72.5 cm³/mol. The van der Waals surface area contributed by atoms with E-state index in [0.29, 0.717) is 5.69 Å². The average molecular weight is 255 g/mol. The first kappa shape index (κ1) is 11.4. The summed E-state index contributed by atoms with van der Waals surface area (Å²) in [4.78, 5) is 8.75. The molecule has 1 aliphatic rings. The number of nitriles is 1. The van der Waals surface area contributed by atoms with Crippen molar-refractivity contribution in [3.05, 3.63) is 35.3 Å². The zero-order chi connectivity index (χ0) is 12.5. The molecule has 0 saturated carbocycles. The molecule has 3 rings (SSSR count). The van der Waals surface area contributed by atoms with Crippen LogP contribution >= 0.6 is 11.8 Å². The fourth-order valence-electron chi connectivity index (χ4n) is 2.30. The molecule has 0 fully saturated rings. The summed E-state index contributed by atoms with van der Waals surface area (Å²) in [7, 11) is 0. The molecule has 1 aromatic carbocycles. The Balaban J connectivity index is 2.09. The molecule has 1 N–H and O–H groups in total. The highest BCUT2D eigenvalue weighted by molar-refractivity contribution is 7.99. The van der Waals surface area contributed by atoms with Crippen LogP contribution in [-0.4, -0.2) is 15.7 Å². The number of hydrogen-bond acceptors (Lipinski definition) is 3. The largest absolute Gasteiger partial charge is 0.341 e. The van der Waals surface area contributed by atoms with Crippen LogP contribution in [0, 0.1) is 18.3 Å². The van der Waals surface area contributed by atoms with E-state index >= 15 is 0 Å². The van der Waals surface area contributed by atoms with Gasteiger partial charge in [0.1, 0.15) is 11.9 Å². The van der Waals surface area contributed by atoms with Crippen LogP contribution in [0.15, 0.2) is 23.1 Å². The first-order valence-corrected chi connectivity index (χ1v) is 6.99. The number of hydrogen-bond donors (Lipinski definition) is 1. The van der Waals surface area contributed by atoms with Crippen LogP contribution in [0.1, 0.15) is 23.5 Å². The van der Waals surface area contributed by atoms with E-state index in [1.54, 1.807) is 0 Å². The van der Waals surface area contributed by atoms with Gasteiger partial charge >= 0.3 is 0 Å². The van der Waals surface area contributed by atoms with Gasteiger partial charge in [-0.25, -0.2) is 4.98 Å². The fourth-order valence-corrected chi connectivity index (χ4v) is 3.32. The summed E-state index contributed by atoms with van der Waals surface area (Å²) in [5.74, 6) is 1.99. The molecule has 3 nitrogen and oxygen atoms in total. The molecule has 0 saturated heterocycles. The van der Waals surface area contributed by atoms with Gasteiger partial charge in [0.25, 0.3) is 0 Å². The van der Waals surface area contributed by atoms with Gasteiger partial charge in [-0.05, 0) is 43.2 Å². The lowest BCUT2D eigenvalue weighted by atomic mass is 10.0. The van der Waals surface area contributed by atoms with E-state index in [4.69, 9.17) is 5.26 Å². The van der Waals surface area contributed by atoms with Gasteiger partial charge in [-0.1, -0.05) is 6.07 Å². The van der Waals surface area contributed by atoms with Crippen molar-refractivity contribution < 1.29 is 0 Å². The van der Waals surface area contributed by atoms with Gasteiger partial charge in [0.2, 0.25) is 0 Å². The molecule has 0 atom stereocenters. The van der Waals surface area contributed by atoms with Crippen molar-refractivity contribution >= 4 is 11.8 Å². The number of imidazole rings is 1. The first-order chi connectivity index (χ1) is 8.78. The van der Waals surface area contributed by atoms with Crippen LogP contribution < -0.4 is 0 Å². The van der Waals surface area contributed by atoms with Crippen molar-refractivity contribution in [3.63, 3.8) is 0 Å². The molecule has 2 aromatic rings. The summed E-state index contributed by atoms with van der Waals surface area (Å²) in [5.41, 5.74) is 3.78. The van der Waals surface area contributed by atoms with Crippen molar-refractivity contribution in [2.45, 2.75) is 24.7 Å². The Bertz CT molecular complexity index is 637. The van der Waals surface area contributed by atoms with Crippen LogP contribution in [0.3, 0.4) is 0 Å². The van der Waals surface area contributed by atoms with Gasteiger partial charge in [-0.2, -0.15) is 5.26 Å². The standard InChI is InChI=1S/C14H13N3S/c1-9-16-12(8-15)14(17-9)11-4-5-13-10(7-11)3-2-6-18-13/h4-5,7H,2-3,6H2,1H3,(H,16,17). The maximum atomic E-state index is 9.09. The third kappa shape index (κ3) is 1.91. The van der Waals surface area contributed by atoms with E-state index < -0.39 is 0 Å². The zero-order valence-electron chi connectivity index (χ0n) is 10.2. The van der Waals surface area contributed by atoms with Gasteiger partial charge in [0.15, 0.2) is 5.69 Å². The molecule has 1 aromatic heterocycles. The van der Waals surface area contributed by atoms with Crippen molar-refractivity contribution in [1.82, 2.24) is 9.97 Å². The van der Waals surface area contributed by atoms with Crippen LogP contribution in [-0.2, 0) is 6.42 Å². The molecular weight excluding hydrogens is 242 g/mol. The number of aromatic amines is 1. The monoisotopic (exact) mass is 255 g/mol. The normalized spacial score (nSPS) is 14.0. The summed E-state index contributed by atoms with van der Waals surface area (Å²) in [6.07, 6.45) is 2.36. The quantitative estimate of drug-likeness (QED) is 0.850. The lowest BCUT2D eigenvalue weighted by Gasteiger charge is -2.15. The molecule has 0 bridgehead atoms. The number of H-pyrrole nitrogens is 1. The number of aromatic nitrogens is 2. The SMILES string of the molecule is Cc1nc(C#N)c(-c2ccc3c(c2)CCCS3)[nH]1. The fraction of sp³-hybridized carbons (Fsp3) is 0.286. The Kier molecular flexibility index (Phi) is 2.85. The van der Waals surface area contributed by atoms with Gasteiger partial charge in [0, 0.05) is 10.5 Å². The number of benzene rings is 1. The van der Waals surface area contributed by atoms with E-state index in [-0.39, 0.29) is 0 Å². The Morgan fingerprint density at radius 2 is 2.33 bits per heavy atom. The minimum atomic E-state index is 0.482. The molecule has 2 heterocycles. The molecular formula is C14H13N3S. The lowest BCUT2D eigenvalue weighted by Crippen LogP contribution is -1.98. The average Bonchev–Trinajstić information content (AvgIpc) is 2.79. The van der Waals surface area contributed by atoms with Crippen molar-refractivity contribution in [2.75, 3.05) is 5.75 Å². The second kappa shape index (κ2) is 4.51. The molecule has 4 heteroatoms. The highest BCUT2D eigenvalue weighted by atomic mass is 32.2. The van der Waals surface area contributed by atoms with E-state index in [2.05, 4.69) is 34.2 Å². The van der Waals surface area contributed by atoms with E-state index in [1.165, 1.54) is 22.6 Å². The van der Waals surface area contributed by atoms with Gasteiger partial charge < -0.3 is 4.98 Å². The Morgan fingerprint density at radius 1 is 1.44 bits per heavy atom. The Morgan fingerprint density at radius 3 is 3.17 bits per heavy atom. The van der Waals surface area contributed by atoms with Crippen molar-refractivity contribution in [2.24, 2.45) is 0 Å². The summed E-state index contributed by atoms with van der Waals surface area (Å²) in [5, 5.41) is 9.09. The third-order valence-electron chi connectivity index (χ3n) is 3.13. The van der Waals surface area contributed by atoms with Crippen LogP contribution in [0.5, 0.6) is 0 Å². The molecule has 18 heavy (non-hydrogen) atoms. The number of aryl methyl sites for hydroxylation is 2. The third-order valence-corrected chi connectivity index (χ3v) is 4.33. The lowest BCUT2D eigenvalue weighted by molar-refractivity contribution is 0.890. The van der Waals surface area contributed by atoms with Crippen molar-refractivity contribution in [3.8, 4) is 17.3 Å². The number of rotatable bonds is 1. The second-order valence-electron chi connectivity index (χ2n) is 4.43. The Hall–Kier alpha value is -1.73. The Labute approximate surface area is 110 Å². The summed E-state index contributed by atoms with van der Waals surface area (Å²) in [6, 6.07) is 8.57. The molecule has 1 aliphatic heterocycles. The molecule has 0 amide bonds. The van der Waals surface area contributed by atoms with Gasteiger partial charge in [-0.3, -0.25) is 0 Å². The van der Waals surface area contributed by atoms with Crippen LogP contribution in [0.25, 0.3) is 11.3 Å². The van der Waals surface area contributed by atoms with Crippen LogP contribution in [0.2, 0.25) is 0 Å². The predicted octanol–water partition coefficient (Wildman–Crippen LogP) is 3.30. The molecule has 0 unspecified atom stereocenters. The molecule has 90 valence electrons. The molecule has 0 radical (unpaired) electrons.